The molecule has 94 valence electrons. The van der Waals surface area contributed by atoms with Crippen LogP contribution < -0.4 is 10.6 Å². The second kappa shape index (κ2) is 5.39. The molecular weight excluding hydrogens is 215 g/mol. The number of hydrogen-bond donors (Lipinski definition) is 1. The third-order valence-corrected chi connectivity index (χ3v) is 3.64. The predicted molar refractivity (Wildman–Crippen MR) is 70.7 cm³/mol. The van der Waals surface area contributed by atoms with Crippen molar-refractivity contribution in [2.24, 2.45) is 0 Å². The molecule has 0 heterocycles. The fraction of sp³-hybridized carbons (Fsp3) is 0.571. The standard InChI is InChI=1S/C14H21FN2/c1-2-17(12-6-4-3-5-7-12)14-9-8-11(16)10-13(14)15/h8-10,12H,2-7,16H2,1H3. The summed E-state index contributed by atoms with van der Waals surface area (Å²) < 4.78 is 13.9. The second-order valence-corrected chi connectivity index (χ2v) is 4.79. The van der Waals surface area contributed by atoms with E-state index in [1.807, 2.05) is 6.07 Å². The van der Waals surface area contributed by atoms with E-state index in [0.29, 0.717) is 17.4 Å². The van der Waals surface area contributed by atoms with Gasteiger partial charge in [0.05, 0.1) is 5.69 Å². The Bertz CT molecular complexity index is 372. The smallest absolute Gasteiger partial charge is 0.148 e. The van der Waals surface area contributed by atoms with Crippen LogP contribution in [0, 0.1) is 5.82 Å². The summed E-state index contributed by atoms with van der Waals surface area (Å²) in [7, 11) is 0. The summed E-state index contributed by atoms with van der Waals surface area (Å²) in [6, 6.07) is 5.50. The Morgan fingerprint density at radius 1 is 1.29 bits per heavy atom. The van der Waals surface area contributed by atoms with E-state index < -0.39 is 0 Å². The van der Waals surface area contributed by atoms with Crippen molar-refractivity contribution >= 4 is 11.4 Å². The Balaban J connectivity index is 2.21. The molecular formula is C14H21FN2. The lowest BCUT2D eigenvalue weighted by atomic mass is 9.93. The van der Waals surface area contributed by atoms with Gasteiger partial charge in [0, 0.05) is 18.3 Å². The second-order valence-electron chi connectivity index (χ2n) is 4.79. The molecule has 1 aliphatic rings. The van der Waals surface area contributed by atoms with Gasteiger partial charge in [0.15, 0.2) is 0 Å². The highest BCUT2D eigenvalue weighted by Gasteiger charge is 2.22. The highest BCUT2D eigenvalue weighted by molar-refractivity contribution is 5.55. The fourth-order valence-electron chi connectivity index (χ4n) is 2.77. The van der Waals surface area contributed by atoms with E-state index in [1.165, 1.54) is 38.2 Å². The van der Waals surface area contributed by atoms with Crippen molar-refractivity contribution in [3.63, 3.8) is 0 Å². The first-order valence-electron chi connectivity index (χ1n) is 6.54. The molecule has 17 heavy (non-hydrogen) atoms. The van der Waals surface area contributed by atoms with Crippen LogP contribution >= 0.6 is 0 Å². The summed E-state index contributed by atoms with van der Waals surface area (Å²) >= 11 is 0. The molecule has 3 heteroatoms. The third kappa shape index (κ3) is 2.71. The van der Waals surface area contributed by atoms with Gasteiger partial charge in [-0.1, -0.05) is 19.3 Å². The molecule has 0 amide bonds. The Kier molecular flexibility index (Phi) is 3.87. The molecule has 0 saturated heterocycles. The van der Waals surface area contributed by atoms with Crippen LogP contribution in [0.2, 0.25) is 0 Å². The summed E-state index contributed by atoms with van der Waals surface area (Å²) in [6.07, 6.45) is 6.20. The van der Waals surface area contributed by atoms with Crippen LogP contribution in [0.4, 0.5) is 15.8 Å². The van der Waals surface area contributed by atoms with Crippen LogP contribution in [0.15, 0.2) is 18.2 Å². The molecule has 0 unspecified atom stereocenters. The Hall–Kier alpha value is -1.25. The number of rotatable bonds is 3. The fourth-order valence-corrected chi connectivity index (χ4v) is 2.77. The zero-order chi connectivity index (χ0) is 12.3. The zero-order valence-corrected chi connectivity index (χ0v) is 10.5. The first-order chi connectivity index (χ1) is 8.22. The van der Waals surface area contributed by atoms with E-state index in [1.54, 1.807) is 6.07 Å². The first-order valence-corrected chi connectivity index (χ1v) is 6.54. The SMILES string of the molecule is CCN(c1ccc(N)cc1F)C1CCCCC1. The van der Waals surface area contributed by atoms with Crippen LogP contribution in [0.3, 0.4) is 0 Å². The van der Waals surface area contributed by atoms with Crippen molar-refractivity contribution in [1.82, 2.24) is 0 Å². The van der Waals surface area contributed by atoms with Crippen molar-refractivity contribution in [3.05, 3.63) is 24.0 Å². The lowest BCUT2D eigenvalue weighted by Gasteiger charge is -2.35. The van der Waals surface area contributed by atoms with E-state index in [-0.39, 0.29) is 5.82 Å². The van der Waals surface area contributed by atoms with E-state index in [0.717, 1.165) is 6.54 Å². The van der Waals surface area contributed by atoms with Gasteiger partial charge in [-0.15, -0.1) is 0 Å². The average Bonchev–Trinajstić information content (AvgIpc) is 2.34. The van der Waals surface area contributed by atoms with E-state index in [9.17, 15) is 4.39 Å². The predicted octanol–water partition coefficient (Wildman–Crippen LogP) is 3.57. The van der Waals surface area contributed by atoms with Gasteiger partial charge in [0.1, 0.15) is 5.82 Å². The lowest BCUT2D eigenvalue weighted by molar-refractivity contribution is 0.414. The topological polar surface area (TPSA) is 29.3 Å². The maximum absolute atomic E-state index is 13.9. The lowest BCUT2D eigenvalue weighted by Crippen LogP contribution is -2.37. The Morgan fingerprint density at radius 3 is 2.59 bits per heavy atom. The molecule has 0 spiro atoms. The van der Waals surface area contributed by atoms with Crippen LogP contribution in [-0.2, 0) is 0 Å². The van der Waals surface area contributed by atoms with Crippen molar-refractivity contribution in [3.8, 4) is 0 Å². The van der Waals surface area contributed by atoms with Gasteiger partial charge in [0.2, 0.25) is 0 Å². The van der Waals surface area contributed by atoms with Crippen LogP contribution in [0.5, 0.6) is 0 Å². The van der Waals surface area contributed by atoms with Crippen LogP contribution in [0.25, 0.3) is 0 Å². The number of nitrogen functional groups attached to an aromatic ring is 1. The van der Waals surface area contributed by atoms with Crippen molar-refractivity contribution in [1.29, 1.82) is 0 Å². The van der Waals surface area contributed by atoms with E-state index in [2.05, 4.69) is 11.8 Å². The molecule has 1 aromatic rings. The van der Waals surface area contributed by atoms with E-state index >= 15 is 0 Å². The largest absolute Gasteiger partial charge is 0.399 e. The van der Waals surface area contributed by atoms with Gasteiger partial charge < -0.3 is 10.6 Å². The van der Waals surface area contributed by atoms with Gasteiger partial charge in [0.25, 0.3) is 0 Å². The molecule has 1 saturated carbocycles. The Morgan fingerprint density at radius 2 is 2.00 bits per heavy atom. The summed E-state index contributed by atoms with van der Waals surface area (Å²) in [6.45, 7) is 2.94. The van der Waals surface area contributed by atoms with E-state index in [4.69, 9.17) is 5.73 Å². The van der Waals surface area contributed by atoms with Crippen molar-refractivity contribution in [2.75, 3.05) is 17.2 Å². The Labute approximate surface area is 103 Å². The molecule has 0 atom stereocenters. The number of halogens is 1. The maximum atomic E-state index is 13.9. The number of anilines is 2. The van der Waals surface area contributed by atoms with Crippen LogP contribution in [0.1, 0.15) is 39.0 Å². The number of nitrogens with zero attached hydrogens (tertiary/aromatic N) is 1. The summed E-state index contributed by atoms with van der Waals surface area (Å²) in [5.74, 6) is -0.197. The minimum absolute atomic E-state index is 0.197. The minimum atomic E-state index is -0.197. The molecule has 0 aliphatic heterocycles. The molecule has 1 fully saturated rings. The highest BCUT2D eigenvalue weighted by atomic mass is 19.1. The number of benzene rings is 1. The van der Waals surface area contributed by atoms with Gasteiger partial charge in [-0.05, 0) is 38.0 Å². The average molecular weight is 236 g/mol. The number of hydrogen-bond acceptors (Lipinski definition) is 2. The summed E-state index contributed by atoms with van der Waals surface area (Å²) in [5, 5.41) is 0. The van der Waals surface area contributed by atoms with Crippen LogP contribution in [-0.4, -0.2) is 12.6 Å². The van der Waals surface area contributed by atoms with Crippen molar-refractivity contribution in [2.45, 2.75) is 45.1 Å². The normalized spacial score (nSPS) is 17.1. The molecule has 0 radical (unpaired) electrons. The van der Waals surface area contributed by atoms with Gasteiger partial charge in [-0.2, -0.15) is 0 Å². The van der Waals surface area contributed by atoms with Gasteiger partial charge in [-0.3, -0.25) is 0 Å². The minimum Gasteiger partial charge on any atom is -0.399 e. The summed E-state index contributed by atoms with van der Waals surface area (Å²) in [5.41, 5.74) is 6.78. The molecule has 0 bridgehead atoms. The maximum Gasteiger partial charge on any atom is 0.148 e. The third-order valence-electron chi connectivity index (χ3n) is 3.64. The highest BCUT2D eigenvalue weighted by Crippen LogP contribution is 2.29. The molecule has 0 aromatic heterocycles. The monoisotopic (exact) mass is 236 g/mol. The first kappa shape index (κ1) is 12.2. The summed E-state index contributed by atoms with van der Waals surface area (Å²) in [4.78, 5) is 2.19. The molecule has 1 aromatic carbocycles. The van der Waals surface area contributed by atoms with Crippen molar-refractivity contribution < 1.29 is 4.39 Å². The van der Waals surface area contributed by atoms with Gasteiger partial charge >= 0.3 is 0 Å². The molecule has 2 N–H and O–H groups in total. The molecule has 1 aliphatic carbocycles. The molecule has 2 nitrogen and oxygen atoms in total. The zero-order valence-electron chi connectivity index (χ0n) is 10.5. The molecule has 2 rings (SSSR count). The number of nitrogens with two attached hydrogens (primary N) is 1. The quantitative estimate of drug-likeness (QED) is 0.813. The van der Waals surface area contributed by atoms with Gasteiger partial charge in [-0.25, -0.2) is 4.39 Å².